The quantitative estimate of drug-likeness (QED) is 0.545. The van der Waals surface area contributed by atoms with E-state index in [2.05, 4.69) is 22.0 Å². The Balaban J connectivity index is 2.00. The molecule has 3 heterocycles. The SMILES string of the molecule is CC1CCN(c2c(-c3c(F)cc(F)cc3F)c(Cl)nc3nc[nH][n+]23)CC1. The number of anilines is 1. The van der Waals surface area contributed by atoms with Crippen LogP contribution in [0.15, 0.2) is 18.5 Å². The van der Waals surface area contributed by atoms with Gasteiger partial charge in [0.2, 0.25) is 11.0 Å². The summed E-state index contributed by atoms with van der Waals surface area (Å²) in [5.41, 5.74) is -0.320. The number of aromatic nitrogens is 4. The van der Waals surface area contributed by atoms with E-state index < -0.39 is 23.0 Å². The zero-order chi connectivity index (χ0) is 18.4. The van der Waals surface area contributed by atoms with Crippen LogP contribution in [0.2, 0.25) is 5.15 Å². The fourth-order valence-electron chi connectivity index (χ4n) is 3.36. The van der Waals surface area contributed by atoms with Gasteiger partial charge in [0.15, 0.2) is 6.33 Å². The maximum absolute atomic E-state index is 14.5. The lowest BCUT2D eigenvalue weighted by Gasteiger charge is -2.29. The van der Waals surface area contributed by atoms with Gasteiger partial charge < -0.3 is 4.90 Å². The van der Waals surface area contributed by atoms with Gasteiger partial charge in [-0.2, -0.15) is 0 Å². The van der Waals surface area contributed by atoms with Crippen molar-refractivity contribution < 1.29 is 17.7 Å². The summed E-state index contributed by atoms with van der Waals surface area (Å²) in [6.45, 7) is 3.55. The summed E-state index contributed by atoms with van der Waals surface area (Å²) < 4.78 is 43.9. The van der Waals surface area contributed by atoms with Crippen LogP contribution in [-0.2, 0) is 0 Å². The number of halogens is 4. The highest BCUT2D eigenvalue weighted by Crippen LogP contribution is 2.38. The van der Waals surface area contributed by atoms with Crippen molar-refractivity contribution in [3.05, 3.63) is 41.1 Å². The third-order valence-electron chi connectivity index (χ3n) is 4.75. The Labute approximate surface area is 152 Å². The molecule has 1 aliphatic rings. The molecule has 0 radical (unpaired) electrons. The topological polar surface area (TPSA) is 48.9 Å². The van der Waals surface area contributed by atoms with Crippen LogP contribution in [0.3, 0.4) is 0 Å². The Morgan fingerprint density at radius 1 is 1.15 bits per heavy atom. The van der Waals surface area contributed by atoms with Crippen molar-refractivity contribution in [2.24, 2.45) is 5.92 Å². The number of piperidine rings is 1. The molecular formula is C17H16ClF3N5+. The van der Waals surface area contributed by atoms with E-state index in [1.165, 1.54) is 6.33 Å². The molecule has 9 heteroatoms. The van der Waals surface area contributed by atoms with Gasteiger partial charge in [-0.1, -0.05) is 16.9 Å². The van der Waals surface area contributed by atoms with E-state index in [9.17, 15) is 13.2 Å². The van der Waals surface area contributed by atoms with Crippen molar-refractivity contribution >= 4 is 23.2 Å². The lowest BCUT2D eigenvalue weighted by atomic mass is 9.98. The van der Waals surface area contributed by atoms with E-state index in [1.54, 1.807) is 4.52 Å². The first-order chi connectivity index (χ1) is 12.5. The molecule has 0 saturated carbocycles. The second-order valence-electron chi connectivity index (χ2n) is 6.54. The predicted molar refractivity (Wildman–Crippen MR) is 90.5 cm³/mol. The number of benzene rings is 1. The largest absolute Gasteiger partial charge is 0.409 e. The summed E-state index contributed by atoms with van der Waals surface area (Å²) in [5, 5.41) is 2.82. The summed E-state index contributed by atoms with van der Waals surface area (Å²) in [6.07, 6.45) is 3.30. The number of fused-ring (bicyclic) bond motifs is 1. The van der Waals surface area contributed by atoms with E-state index in [0.717, 1.165) is 12.8 Å². The standard InChI is InChI=1S/C17H15ClF3N5/c1-9-2-4-25(5-3-9)16-14(13-11(20)6-10(19)7-12(13)21)15(18)24-17-22-8-23-26(16)17/h6-9H,2-5H2,1H3/p+1. The second kappa shape index (κ2) is 6.42. The zero-order valence-electron chi connectivity index (χ0n) is 13.9. The summed E-state index contributed by atoms with van der Waals surface area (Å²) in [6, 6.07) is 1.28. The number of hydrogen-bond acceptors (Lipinski definition) is 3. The monoisotopic (exact) mass is 382 g/mol. The number of H-pyrrole nitrogens is 1. The third kappa shape index (κ3) is 2.78. The lowest BCUT2D eigenvalue weighted by Crippen LogP contribution is -2.42. The first-order valence-electron chi connectivity index (χ1n) is 8.30. The molecule has 0 bridgehead atoms. The number of hydrogen-bond donors (Lipinski definition) is 1. The molecule has 0 spiro atoms. The van der Waals surface area contributed by atoms with Gasteiger partial charge in [-0.05, 0) is 30.4 Å². The van der Waals surface area contributed by atoms with Gasteiger partial charge in [0.1, 0.15) is 23.0 Å². The average molecular weight is 383 g/mol. The summed E-state index contributed by atoms with van der Waals surface area (Å²) in [5.74, 6) is -1.73. The number of nitrogens with one attached hydrogen (secondary N) is 1. The maximum atomic E-state index is 14.5. The Hall–Kier alpha value is -2.35. The first kappa shape index (κ1) is 17.1. The van der Waals surface area contributed by atoms with Crippen LogP contribution < -0.4 is 9.42 Å². The normalized spacial score (nSPS) is 15.8. The van der Waals surface area contributed by atoms with Crippen LogP contribution in [-0.4, -0.2) is 28.2 Å². The Bertz CT molecular complexity index is 959. The highest BCUT2D eigenvalue weighted by atomic mass is 35.5. The third-order valence-corrected chi connectivity index (χ3v) is 5.02. The van der Waals surface area contributed by atoms with Gasteiger partial charge in [0.25, 0.3) is 0 Å². The molecule has 5 nitrogen and oxygen atoms in total. The van der Waals surface area contributed by atoms with Crippen molar-refractivity contribution in [3.8, 4) is 11.1 Å². The molecule has 26 heavy (non-hydrogen) atoms. The number of rotatable bonds is 2. The van der Waals surface area contributed by atoms with Crippen molar-refractivity contribution in [3.63, 3.8) is 0 Å². The molecule has 0 aliphatic carbocycles. The molecular weight excluding hydrogens is 367 g/mol. The second-order valence-corrected chi connectivity index (χ2v) is 6.90. The number of nitrogens with zero attached hydrogens (tertiary/aromatic N) is 4. The van der Waals surface area contributed by atoms with Gasteiger partial charge in [-0.3, -0.25) is 0 Å². The van der Waals surface area contributed by atoms with Crippen LogP contribution in [0.1, 0.15) is 19.8 Å². The van der Waals surface area contributed by atoms with Crippen LogP contribution in [0, 0.1) is 23.4 Å². The molecule has 4 rings (SSSR count). The van der Waals surface area contributed by atoms with Crippen LogP contribution in [0.5, 0.6) is 0 Å². The highest BCUT2D eigenvalue weighted by molar-refractivity contribution is 6.32. The van der Waals surface area contributed by atoms with Crippen LogP contribution in [0.4, 0.5) is 19.0 Å². The minimum Gasteiger partial charge on any atom is -0.306 e. The van der Waals surface area contributed by atoms with Gasteiger partial charge in [0, 0.05) is 12.1 Å². The molecule has 0 amide bonds. The van der Waals surface area contributed by atoms with Gasteiger partial charge in [-0.25, -0.2) is 18.3 Å². The maximum Gasteiger partial charge on any atom is 0.409 e. The number of aromatic amines is 1. The van der Waals surface area contributed by atoms with E-state index in [4.69, 9.17) is 11.6 Å². The van der Waals surface area contributed by atoms with E-state index >= 15 is 0 Å². The average Bonchev–Trinajstić information content (AvgIpc) is 3.03. The Morgan fingerprint density at radius 2 is 1.81 bits per heavy atom. The minimum absolute atomic E-state index is 0.0815. The fourth-order valence-corrected chi connectivity index (χ4v) is 3.61. The molecule has 0 unspecified atom stereocenters. The zero-order valence-corrected chi connectivity index (χ0v) is 14.7. The lowest BCUT2D eigenvalue weighted by molar-refractivity contribution is -0.566. The van der Waals surface area contributed by atoms with Gasteiger partial charge in [-0.15, -0.1) is 4.52 Å². The smallest absolute Gasteiger partial charge is 0.306 e. The Morgan fingerprint density at radius 3 is 2.46 bits per heavy atom. The van der Waals surface area contributed by atoms with Crippen molar-refractivity contribution in [2.45, 2.75) is 19.8 Å². The minimum atomic E-state index is -1.03. The van der Waals surface area contributed by atoms with Gasteiger partial charge in [0.05, 0.1) is 18.7 Å². The van der Waals surface area contributed by atoms with Crippen molar-refractivity contribution in [1.29, 1.82) is 0 Å². The van der Waals surface area contributed by atoms with E-state index in [1.807, 2.05) is 4.90 Å². The Kier molecular flexibility index (Phi) is 4.22. The molecule has 1 fully saturated rings. The van der Waals surface area contributed by atoms with Crippen molar-refractivity contribution in [1.82, 2.24) is 15.1 Å². The van der Waals surface area contributed by atoms with Crippen LogP contribution in [0.25, 0.3) is 16.9 Å². The van der Waals surface area contributed by atoms with Gasteiger partial charge >= 0.3 is 5.78 Å². The van der Waals surface area contributed by atoms with E-state index in [0.29, 0.717) is 37.0 Å². The predicted octanol–water partition coefficient (Wildman–Crippen LogP) is 3.52. The molecule has 1 N–H and O–H groups in total. The van der Waals surface area contributed by atoms with E-state index in [-0.39, 0.29) is 16.5 Å². The molecule has 1 aromatic carbocycles. The summed E-state index contributed by atoms with van der Waals surface area (Å²) >= 11 is 6.30. The fraction of sp³-hybridized carbons (Fsp3) is 0.353. The molecule has 2 aromatic heterocycles. The molecule has 136 valence electrons. The van der Waals surface area contributed by atoms with Crippen LogP contribution >= 0.6 is 11.6 Å². The van der Waals surface area contributed by atoms with Crippen molar-refractivity contribution in [2.75, 3.05) is 18.0 Å². The molecule has 1 saturated heterocycles. The molecule has 0 atom stereocenters. The first-order valence-corrected chi connectivity index (χ1v) is 8.68. The summed E-state index contributed by atoms with van der Waals surface area (Å²) in [7, 11) is 0. The highest BCUT2D eigenvalue weighted by Gasteiger charge is 2.33. The molecule has 1 aliphatic heterocycles. The summed E-state index contributed by atoms with van der Waals surface area (Å²) in [4.78, 5) is 10.2. The molecule has 3 aromatic rings.